The lowest BCUT2D eigenvalue weighted by Crippen LogP contribution is -2.39. The highest BCUT2D eigenvalue weighted by molar-refractivity contribution is 6.00. The van der Waals surface area contributed by atoms with Crippen molar-refractivity contribution >= 4 is 11.6 Å². The lowest BCUT2D eigenvalue weighted by atomic mass is 9.85. The fraction of sp³-hybridized carbons (Fsp3) is 0.524. The Morgan fingerprint density at radius 2 is 1.93 bits per heavy atom. The van der Waals surface area contributed by atoms with Gasteiger partial charge in [0.15, 0.2) is 5.89 Å². The minimum atomic E-state index is 0.0796. The number of para-hydroxylation sites is 1. The van der Waals surface area contributed by atoms with Crippen LogP contribution in [0.4, 0.5) is 5.69 Å². The van der Waals surface area contributed by atoms with E-state index in [1.807, 2.05) is 29.2 Å². The summed E-state index contributed by atoms with van der Waals surface area (Å²) in [5, 5.41) is 0. The van der Waals surface area contributed by atoms with E-state index in [0.29, 0.717) is 32.2 Å². The largest absolute Gasteiger partial charge is 0.445 e. The summed E-state index contributed by atoms with van der Waals surface area (Å²) in [6.45, 7) is 4.28. The third kappa shape index (κ3) is 3.12. The second-order valence-electron chi connectivity index (χ2n) is 7.64. The Morgan fingerprint density at radius 1 is 1.11 bits per heavy atom. The molecule has 5 rings (SSSR count). The van der Waals surface area contributed by atoms with E-state index < -0.39 is 0 Å². The average Bonchev–Trinajstić information content (AvgIpc) is 3.09. The smallest absolute Gasteiger partial charge is 0.256 e. The number of amides is 1. The van der Waals surface area contributed by atoms with Crippen molar-refractivity contribution in [1.82, 2.24) is 9.88 Å². The molecule has 2 aromatic rings. The minimum absolute atomic E-state index is 0.0796. The van der Waals surface area contributed by atoms with Crippen LogP contribution in [-0.4, -0.2) is 48.6 Å². The van der Waals surface area contributed by atoms with Crippen LogP contribution in [0.15, 0.2) is 28.7 Å². The first kappa shape index (κ1) is 16.8. The Kier molecular flexibility index (Phi) is 4.36. The maximum atomic E-state index is 13.3. The molecule has 27 heavy (non-hydrogen) atoms. The number of fused-ring (bicyclic) bond motifs is 1. The van der Waals surface area contributed by atoms with E-state index in [2.05, 4.69) is 4.90 Å². The lowest BCUT2D eigenvalue weighted by Gasteiger charge is -2.32. The quantitative estimate of drug-likeness (QED) is 0.835. The first-order chi connectivity index (χ1) is 13.3. The number of ether oxygens (including phenoxy) is 1. The molecule has 0 bridgehead atoms. The maximum absolute atomic E-state index is 13.3. The number of aromatic nitrogens is 1. The molecule has 1 saturated heterocycles. The van der Waals surface area contributed by atoms with Gasteiger partial charge >= 0.3 is 0 Å². The number of oxazole rings is 1. The van der Waals surface area contributed by atoms with Gasteiger partial charge in [-0.1, -0.05) is 18.6 Å². The predicted octanol–water partition coefficient (Wildman–Crippen LogP) is 2.98. The zero-order valence-corrected chi connectivity index (χ0v) is 15.5. The molecule has 6 heteroatoms. The van der Waals surface area contributed by atoms with Crippen molar-refractivity contribution < 1.29 is 13.9 Å². The van der Waals surface area contributed by atoms with Gasteiger partial charge in [0.1, 0.15) is 11.5 Å². The van der Waals surface area contributed by atoms with Crippen molar-refractivity contribution in [3.63, 3.8) is 0 Å². The number of benzene rings is 1. The van der Waals surface area contributed by atoms with Crippen LogP contribution >= 0.6 is 0 Å². The van der Waals surface area contributed by atoms with Crippen LogP contribution in [0.1, 0.15) is 52.9 Å². The highest BCUT2D eigenvalue weighted by Gasteiger charge is 2.31. The van der Waals surface area contributed by atoms with Gasteiger partial charge in [0.25, 0.3) is 5.91 Å². The van der Waals surface area contributed by atoms with E-state index in [1.165, 1.54) is 19.3 Å². The normalized spacial score (nSPS) is 20.3. The van der Waals surface area contributed by atoms with Crippen molar-refractivity contribution in [1.29, 1.82) is 0 Å². The molecular formula is C21H25N3O3. The zero-order valence-electron chi connectivity index (χ0n) is 15.5. The van der Waals surface area contributed by atoms with Crippen LogP contribution in [0.2, 0.25) is 0 Å². The minimum Gasteiger partial charge on any atom is -0.445 e. The highest BCUT2D eigenvalue weighted by atomic mass is 16.5. The van der Waals surface area contributed by atoms with Gasteiger partial charge < -0.3 is 19.0 Å². The van der Waals surface area contributed by atoms with Gasteiger partial charge in [-0.3, -0.25) is 4.79 Å². The van der Waals surface area contributed by atoms with Crippen molar-refractivity contribution in [2.24, 2.45) is 0 Å². The van der Waals surface area contributed by atoms with E-state index >= 15 is 0 Å². The number of carbonyl (C=O) groups is 1. The number of carbonyl (C=O) groups excluding carboxylic acids is 1. The molecule has 1 aromatic carbocycles. The lowest BCUT2D eigenvalue weighted by molar-refractivity contribution is 0.0727. The van der Waals surface area contributed by atoms with E-state index in [0.717, 1.165) is 48.1 Å². The van der Waals surface area contributed by atoms with Gasteiger partial charge in [0.05, 0.1) is 25.3 Å². The number of morpholine rings is 1. The number of nitrogens with zero attached hydrogens (tertiary/aromatic N) is 3. The number of hydrogen-bond donors (Lipinski definition) is 0. The van der Waals surface area contributed by atoms with E-state index in [-0.39, 0.29) is 5.91 Å². The molecule has 2 aliphatic heterocycles. The first-order valence-electron chi connectivity index (χ1n) is 9.99. The van der Waals surface area contributed by atoms with Crippen molar-refractivity contribution in [3.8, 4) is 0 Å². The van der Waals surface area contributed by atoms with E-state index in [4.69, 9.17) is 14.1 Å². The molecule has 0 unspecified atom stereocenters. The SMILES string of the molecule is O=C(c1ccccc1N1CCOCC1)N1CCc2oc(C3CCC3)nc2C1. The van der Waals surface area contributed by atoms with Crippen molar-refractivity contribution in [2.45, 2.75) is 38.1 Å². The average molecular weight is 367 g/mol. The molecule has 6 nitrogen and oxygen atoms in total. The first-order valence-corrected chi connectivity index (χ1v) is 9.99. The predicted molar refractivity (Wildman–Crippen MR) is 101 cm³/mol. The van der Waals surface area contributed by atoms with Gasteiger partial charge in [-0.05, 0) is 25.0 Å². The monoisotopic (exact) mass is 367 g/mol. The number of hydrogen-bond acceptors (Lipinski definition) is 5. The molecule has 3 aliphatic rings. The summed E-state index contributed by atoms with van der Waals surface area (Å²) >= 11 is 0. The molecule has 1 saturated carbocycles. The molecule has 1 aliphatic carbocycles. The third-order valence-electron chi connectivity index (χ3n) is 5.97. The summed E-state index contributed by atoms with van der Waals surface area (Å²) < 4.78 is 11.4. The standard InChI is InChI=1S/C21H25N3O3/c25-21(16-6-1-2-7-18(16)23-10-12-26-13-11-23)24-9-8-19-17(14-24)22-20(27-19)15-4-3-5-15/h1-2,6-7,15H,3-5,8-14H2. The highest BCUT2D eigenvalue weighted by Crippen LogP contribution is 2.37. The summed E-state index contributed by atoms with van der Waals surface area (Å²) in [7, 11) is 0. The summed E-state index contributed by atoms with van der Waals surface area (Å²) in [4.78, 5) is 22.2. The summed E-state index contributed by atoms with van der Waals surface area (Å²) in [5.41, 5.74) is 2.72. The van der Waals surface area contributed by atoms with E-state index in [1.54, 1.807) is 0 Å². The molecule has 2 fully saturated rings. The summed E-state index contributed by atoms with van der Waals surface area (Å²) in [5.74, 6) is 2.43. The van der Waals surface area contributed by atoms with Crippen LogP contribution in [0.25, 0.3) is 0 Å². The Bertz CT molecular complexity index is 837. The molecule has 0 spiro atoms. The molecule has 0 N–H and O–H groups in total. The third-order valence-corrected chi connectivity index (χ3v) is 5.97. The number of rotatable bonds is 3. The fourth-order valence-corrected chi connectivity index (χ4v) is 4.13. The molecule has 1 amide bonds. The summed E-state index contributed by atoms with van der Waals surface area (Å²) in [6, 6.07) is 7.92. The molecule has 142 valence electrons. The van der Waals surface area contributed by atoms with Crippen LogP contribution < -0.4 is 4.90 Å². The maximum Gasteiger partial charge on any atom is 0.256 e. The second-order valence-corrected chi connectivity index (χ2v) is 7.64. The van der Waals surface area contributed by atoms with Gasteiger partial charge in [0, 0.05) is 37.7 Å². The van der Waals surface area contributed by atoms with Gasteiger partial charge in [0.2, 0.25) is 0 Å². The topological polar surface area (TPSA) is 58.8 Å². The summed E-state index contributed by atoms with van der Waals surface area (Å²) in [6.07, 6.45) is 4.37. The van der Waals surface area contributed by atoms with Crippen LogP contribution in [0, 0.1) is 0 Å². The zero-order chi connectivity index (χ0) is 18.2. The molecule has 1 aromatic heterocycles. The Labute approximate surface area is 159 Å². The Morgan fingerprint density at radius 3 is 2.70 bits per heavy atom. The van der Waals surface area contributed by atoms with Crippen molar-refractivity contribution in [3.05, 3.63) is 47.2 Å². The fourth-order valence-electron chi connectivity index (χ4n) is 4.13. The van der Waals surface area contributed by atoms with Crippen LogP contribution in [-0.2, 0) is 17.7 Å². The Hall–Kier alpha value is -2.34. The number of anilines is 1. The van der Waals surface area contributed by atoms with Crippen molar-refractivity contribution in [2.75, 3.05) is 37.7 Å². The molecule has 0 radical (unpaired) electrons. The second kappa shape index (κ2) is 7.00. The molecule has 3 heterocycles. The molecule has 0 atom stereocenters. The van der Waals surface area contributed by atoms with Gasteiger partial charge in [-0.25, -0.2) is 4.98 Å². The Balaban J connectivity index is 1.36. The molecular weight excluding hydrogens is 342 g/mol. The van der Waals surface area contributed by atoms with E-state index in [9.17, 15) is 4.79 Å². The van der Waals surface area contributed by atoms with Crippen LogP contribution in [0.3, 0.4) is 0 Å². The van der Waals surface area contributed by atoms with Gasteiger partial charge in [-0.15, -0.1) is 0 Å². The van der Waals surface area contributed by atoms with Crippen LogP contribution in [0.5, 0.6) is 0 Å². The van der Waals surface area contributed by atoms with Gasteiger partial charge in [-0.2, -0.15) is 0 Å².